The third kappa shape index (κ3) is 2.70. The Kier molecular flexibility index (Phi) is 4.37. The minimum atomic E-state index is 0.446. The van der Waals surface area contributed by atoms with E-state index in [0.717, 1.165) is 19.6 Å². The molecule has 0 aliphatic carbocycles. The number of nitrogens with zero attached hydrogens (tertiary/aromatic N) is 3. The van der Waals surface area contributed by atoms with E-state index in [1.807, 2.05) is 0 Å². The molecule has 1 saturated heterocycles. The molecule has 2 unspecified atom stereocenters. The molecule has 0 N–H and O–H groups in total. The second-order valence-electron chi connectivity index (χ2n) is 4.30. The molecule has 1 fully saturated rings. The van der Waals surface area contributed by atoms with Crippen LogP contribution in [0.1, 0.15) is 26.7 Å². The molecule has 0 aromatic heterocycles. The fourth-order valence-corrected chi connectivity index (χ4v) is 2.12. The summed E-state index contributed by atoms with van der Waals surface area (Å²) in [6.07, 6.45) is 1.84. The molecular formula is C11H21N3. The number of likely N-dealkylation sites (N-methyl/N-ethyl adjacent to an activating group) is 1. The third-order valence-corrected chi connectivity index (χ3v) is 3.10. The molecule has 1 heterocycles. The molecule has 0 radical (unpaired) electrons. The maximum Gasteiger partial charge on any atom is 0.0638 e. The van der Waals surface area contributed by atoms with Crippen LogP contribution in [0.5, 0.6) is 0 Å². The first-order chi connectivity index (χ1) is 6.69. The Bertz CT molecular complexity index is 209. The zero-order valence-corrected chi connectivity index (χ0v) is 9.53. The van der Waals surface area contributed by atoms with E-state index in [-0.39, 0.29) is 0 Å². The van der Waals surface area contributed by atoms with Crippen molar-refractivity contribution >= 4 is 0 Å². The lowest BCUT2D eigenvalue weighted by atomic mass is 10.1. The van der Waals surface area contributed by atoms with E-state index in [0.29, 0.717) is 18.5 Å². The summed E-state index contributed by atoms with van der Waals surface area (Å²) in [6.45, 7) is 7.73. The minimum absolute atomic E-state index is 0.446. The van der Waals surface area contributed by atoms with Gasteiger partial charge in [-0.05, 0) is 26.9 Å². The molecule has 1 rings (SSSR count). The molecule has 14 heavy (non-hydrogen) atoms. The van der Waals surface area contributed by atoms with Gasteiger partial charge in [0.05, 0.1) is 12.5 Å². The Morgan fingerprint density at radius 3 is 2.71 bits per heavy atom. The van der Waals surface area contributed by atoms with Gasteiger partial charge in [0.25, 0.3) is 0 Å². The van der Waals surface area contributed by atoms with Crippen LogP contribution in [0.2, 0.25) is 0 Å². The Labute approximate surface area is 87.3 Å². The number of piperazine rings is 1. The van der Waals surface area contributed by atoms with Crippen LogP contribution in [0.25, 0.3) is 0 Å². The normalized spacial score (nSPS) is 30.1. The second-order valence-corrected chi connectivity index (χ2v) is 4.30. The smallest absolute Gasteiger partial charge is 0.0638 e. The van der Waals surface area contributed by atoms with Gasteiger partial charge < -0.3 is 4.90 Å². The molecule has 0 spiro atoms. The van der Waals surface area contributed by atoms with Gasteiger partial charge in [-0.1, -0.05) is 6.92 Å². The van der Waals surface area contributed by atoms with Crippen molar-refractivity contribution in [2.75, 3.05) is 26.7 Å². The van der Waals surface area contributed by atoms with Gasteiger partial charge in [0.15, 0.2) is 0 Å². The summed E-state index contributed by atoms with van der Waals surface area (Å²) < 4.78 is 0. The molecule has 2 atom stereocenters. The van der Waals surface area contributed by atoms with Gasteiger partial charge in [0.2, 0.25) is 0 Å². The first kappa shape index (κ1) is 11.5. The van der Waals surface area contributed by atoms with Gasteiger partial charge in [0, 0.05) is 25.2 Å². The van der Waals surface area contributed by atoms with Crippen molar-refractivity contribution in [1.29, 1.82) is 5.26 Å². The topological polar surface area (TPSA) is 30.3 Å². The Balaban J connectivity index is 2.56. The van der Waals surface area contributed by atoms with Crippen LogP contribution in [0, 0.1) is 11.3 Å². The van der Waals surface area contributed by atoms with Crippen molar-refractivity contribution in [3.63, 3.8) is 0 Å². The van der Waals surface area contributed by atoms with Crippen molar-refractivity contribution in [2.24, 2.45) is 0 Å². The van der Waals surface area contributed by atoms with Crippen LogP contribution in [0.15, 0.2) is 0 Å². The molecule has 0 saturated carbocycles. The first-order valence-electron chi connectivity index (χ1n) is 5.50. The summed E-state index contributed by atoms with van der Waals surface area (Å²) in [5.74, 6) is 0. The van der Waals surface area contributed by atoms with E-state index in [1.54, 1.807) is 0 Å². The molecule has 0 aromatic rings. The summed E-state index contributed by atoms with van der Waals surface area (Å²) in [5.41, 5.74) is 0. The predicted molar refractivity (Wildman–Crippen MR) is 58.0 cm³/mol. The quantitative estimate of drug-likeness (QED) is 0.680. The highest BCUT2D eigenvalue weighted by Gasteiger charge is 2.28. The highest BCUT2D eigenvalue weighted by molar-refractivity contribution is 4.90. The highest BCUT2D eigenvalue weighted by Crippen LogP contribution is 2.15. The highest BCUT2D eigenvalue weighted by atomic mass is 15.3. The van der Waals surface area contributed by atoms with Crippen LogP contribution >= 0.6 is 0 Å². The lowest BCUT2D eigenvalue weighted by Gasteiger charge is -2.43. The fourth-order valence-electron chi connectivity index (χ4n) is 2.12. The molecule has 0 bridgehead atoms. The average Bonchev–Trinajstić information content (AvgIpc) is 2.14. The maximum atomic E-state index is 8.76. The van der Waals surface area contributed by atoms with Crippen LogP contribution in [-0.2, 0) is 0 Å². The van der Waals surface area contributed by atoms with E-state index in [9.17, 15) is 0 Å². The standard InChI is InChI=1S/C11H21N3/c1-4-7-14-8-10(2)13(3)9-11(14)5-6-12/h10-11H,4-5,7-9H2,1-3H3. The van der Waals surface area contributed by atoms with Gasteiger partial charge in [-0.2, -0.15) is 5.26 Å². The van der Waals surface area contributed by atoms with Crippen LogP contribution in [-0.4, -0.2) is 48.6 Å². The Morgan fingerprint density at radius 2 is 2.14 bits per heavy atom. The fraction of sp³-hybridized carbons (Fsp3) is 0.909. The van der Waals surface area contributed by atoms with Crippen molar-refractivity contribution in [2.45, 2.75) is 38.8 Å². The van der Waals surface area contributed by atoms with Crippen molar-refractivity contribution < 1.29 is 0 Å². The lowest BCUT2D eigenvalue weighted by molar-refractivity contribution is 0.0538. The molecule has 3 heteroatoms. The molecule has 1 aliphatic heterocycles. The Hall–Kier alpha value is -0.590. The van der Waals surface area contributed by atoms with Crippen molar-refractivity contribution in [3.05, 3.63) is 0 Å². The lowest BCUT2D eigenvalue weighted by Crippen LogP contribution is -2.55. The van der Waals surface area contributed by atoms with E-state index in [2.05, 4.69) is 36.8 Å². The summed E-state index contributed by atoms with van der Waals surface area (Å²) in [5, 5.41) is 8.76. The summed E-state index contributed by atoms with van der Waals surface area (Å²) >= 11 is 0. The van der Waals surface area contributed by atoms with E-state index in [1.165, 1.54) is 6.42 Å². The summed E-state index contributed by atoms with van der Waals surface area (Å²) in [6, 6.07) is 3.36. The first-order valence-corrected chi connectivity index (χ1v) is 5.50. The van der Waals surface area contributed by atoms with Gasteiger partial charge in [-0.15, -0.1) is 0 Å². The number of hydrogen-bond donors (Lipinski definition) is 0. The van der Waals surface area contributed by atoms with E-state index in [4.69, 9.17) is 5.26 Å². The minimum Gasteiger partial charge on any atom is -0.301 e. The molecule has 1 aliphatic rings. The van der Waals surface area contributed by atoms with Gasteiger partial charge in [-0.3, -0.25) is 4.90 Å². The number of hydrogen-bond acceptors (Lipinski definition) is 3. The van der Waals surface area contributed by atoms with Crippen LogP contribution in [0.3, 0.4) is 0 Å². The molecular weight excluding hydrogens is 174 g/mol. The largest absolute Gasteiger partial charge is 0.301 e. The summed E-state index contributed by atoms with van der Waals surface area (Å²) in [7, 11) is 2.15. The SMILES string of the molecule is CCCN1CC(C)N(C)CC1CC#N. The molecule has 0 amide bonds. The third-order valence-electron chi connectivity index (χ3n) is 3.10. The van der Waals surface area contributed by atoms with Gasteiger partial charge in [0.1, 0.15) is 0 Å². The number of nitriles is 1. The van der Waals surface area contributed by atoms with Gasteiger partial charge >= 0.3 is 0 Å². The molecule has 0 aromatic carbocycles. The molecule has 80 valence electrons. The molecule has 3 nitrogen and oxygen atoms in total. The predicted octanol–water partition coefficient (Wildman–Crippen LogP) is 1.31. The summed E-state index contributed by atoms with van der Waals surface area (Å²) in [4.78, 5) is 4.82. The zero-order valence-electron chi connectivity index (χ0n) is 9.53. The second kappa shape index (κ2) is 5.33. The van der Waals surface area contributed by atoms with E-state index >= 15 is 0 Å². The van der Waals surface area contributed by atoms with Crippen molar-refractivity contribution in [3.8, 4) is 6.07 Å². The van der Waals surface area contributed by atoms with E-state index < -0.39 is 0 Å². The monoisotopic (exact) mass is 195 g/mol. The van der Waals surface area contributed by atoms with Crippen molar-refractivity contribution in [1.82, 2.24) is 9.80 Å². The zero-order chi connectivity index (χ0) is 10.6. The van der Waals surface area contributed by atoms with Gasteiger partial charge in [-0.25, -0.2) is 0 Å². The van der Waals surface area contributed by atoms with Crippen LogP contribution < -0.4 is 0 Å². The maximum absolute atomic E-state index is 8.76. The number of rotatable bonds is 3. The van der Waals surface area contributed by atoms with Crippen LogP contribution in [0.4, 0.5) is 0 Å². The average molecular weight is 195 g/mol. The Morgan fingerprint density at radius 1 is 1.43 bits per heavy atom.